The number of ether oxygens (including phenoxy) is 2. The number of hydrogen-bond acceptors (Lipinski definition) is 6. The fraction of sp³-hybridized carbons (Fsp3) is 0.321. The topological polar surface area (TPSA) is 123 Å². The van der Waals surface area contributed by atoms with Crippen LogP contribution in [0.1, 0.15) is 47.5 Å². The number of nitrogens with two attached hydrogens (primary N) is 1. The Hall–Kier alpha value is -3.79. The summed E-state index contributed by atoms with van der Waals surface area (Å²) < 4.78 is 10.5. The first-order chi connectivity index (χ1) is 17.8. The number of benzene rings is 3. The molecule has 9 nitrogen and oxygen atoms in total. The zero-order valence-electron chi connectivity index (χ0n) is 21.2. The van der Waals surface area contributed by atoms with E-state index in [0.717, 1.165) is 16.3 Å². The van der Waals surface area contributed by atoms with E-state index < -0.39 is 29.7 Å². The molecule has 1 heterocycles. The van der Waals surface area contributed by atoms with Crippen LogP contribution >= 0.6 is 0 Å². The first-order valence-electron chi connectivity index (χ1n) is 12.1. The van der Waals surface area contributed by atoms with Crippen LogP contribution < -0.4 is 16.6 Å². The zero-order valence-corrected chi connectivity index (χ0v) is 21.2. The largest absolute Gasteiger partial charge is 0.352 e. The van der Waals surface area contributed by atoms with Crippen LogP contribution in [0.3, 0.4) is 0 Å². The van der Waals surface area contributed by atoms with Crippen LogP contribution in [0.5, 0.6) is 0 Å². The molecule has 0 aliphatic carbocycles. The minimum Gasteiger partial charge on any atom is -0.352 e. The molecule has 1 aliphatic heterocycles. The van der Waals surface area contributed by atoms with Crippen molar-refractivity contribution in [3.05, 3.63) is 83.4 Å². The van der Waals surface area contributed by atoms with Gasteiger partial charge in [0.25, 0.3) is 11.8 Å². The quantitative estimate of drug-likeness (QED) is 0.188. The Kier molecular flexibility index (Phi) is 7.87. The summed E-state index contributed by atoms with van der Waals surface area (Å²) in [6.07, 6.45) is 0.627. The normalized spacial score (nSPS) is 17.0. The molecule has 0 bridgehead atoms. The summed E-state index contributed by atoms with van der Waals surface area (Å²) in [6.45, 7) is 2.06. The number of likely N-dealkylation sites (tertiary alicyclic amines) is 1. The van der Waals surface area contributed by atoms with Gasteiger partial charge in [0.05, 0.1) is 0 Å². The molecule has 1 fully saturated rings. The molecule has 3 amide bonds. The van der Waals surface area contributed by atoms with Gasteiger partial charge in [0.2, 0.25) is 5.91 Å². The van der Waals surface area contributed by atoms with Crippen LogP contribution in [-0.2, 0) is 24.6 Å². The molecule has 194 valence electrons. The van der Waals surface area contributed by atoms with E-state index in [1.807, 2.05) is 36.4 Å². The lowest BCUT2D eigenvalue weighted by atomic mass is 9.86. The van der Waals surface area contributed by atoms with Crippen LogP contribution in [0, 0.1) is 0 Å². The Bertz CT molecular complexity index is 1290. The van der Waals surface area contributed by atoms with Gasteiger partial charge < -0.3 is 19.7 Å². The van der Waals surface area contributed by atoms with E-state index in [1.54, 1.807) is 42.2 Å². The maximum Gasteiger partial charge on any atom is 0.264 e. The minimum absolute atomic E-state index is 0.259. The second-order valence-electron chi connectivity index (χ2n) is 9.20. The van der Waals surface area contributed by atoms with Gasteiger partial charge >= 0.3 is 0 Å². The van der Waals surface area contributed by atoms with Gasteiger partial charge in [0.15, 0.2) is 6.29 Å². The molecule has 4 N–H and O–H groups in total. The molecule has 0 unspecified atom stereocenters. The van der Waals surface area contributed by atoms with Crippen LogP contribution in [0.4, 0.5) is 0 Å². The molecule has 0 aromatic heterocycles. The summed E-state index contributed by atoms with van der Waals surface area (Å²) in [6, 6.07) is 19.4. The molecule has 3 aromatic rings. The predicted molar refractivity (Wildman–Crippen MR) is 139 cm³/mol. The third kappa shape index (κ3) is 5.06. The van der Waals surface area contributed by atoms with Gasteiger partial charge in [0, 0.05) is 31.9 Å². The standard InChI is InChI=1S/C28H32N4O5/c1-28(27(35)31-29,22-11-6-9-18-8-4-5-10-21(18)22)30-24(33)23-12-7-17-32(23)25(34)19-13-15-20(16-14-19)26(36-2)37-3/h4-6,8-11,13-16,23,26H,7,12,17,29H2,1-3H3,(H,30,33)(H,31,35)/t23-,28+/m0/s1. The van der Waals surface area contributed by atoms with Crippen molar-refractivity contribution in [2.75, 3.05) is 20.8 Å². The number of hydrazine groups is 1. The Morgan fingerprint density at radius 1 is 1.00 bits per heavy atom. The first-order valence-corrected chi connectivity index (χ1v) is 12.1. The van der Waals surface area contributed by atoms with E-state index >= 15 is 0 Å². The first kappa shape index (κ1) is 26.3. The third-order valence-corrected chi connectivity index (χ3v) is 6.96. The average Bonchev–Trinajstić information content (AvgIpc) is 3.43. The summed E-state index contributed by atoms with van der Waals surface area (Å²) in [5.74, 6) is 4.30. The Labute approximate surface area is 215 Å². The van der Waals surface area contributed by atoms with Gasteiger partial charge in [-0.3, -0.25) is 19.8 Å². The third-order valence-electron chi connectivity index (χ3n) is 6.96. The number of amides is 3. The van der Waals surface area contributed by atoms with Gasteiger partial charge in [-0.2, -0.15) is 0 Å². The fourth-order valence-electron chi connectivity index (χ4n) is 4.98. The maximum atomic E-state index is 13.6. The van der Waals surface area contributed by atoms with Crippen molar-refractivity contribution < 1.29 is 23.9 Å². The summed E-state index contributed by atoms with van der Waals surface area (Å²) in [4.78, 5) is 41.6. The minimum atomic E-state index is -1.46. The zero-order chi connectivity index (χ0) is 26.6. The van der Waals surface area contributed by atoms with E-state index in [-0.39, 0.29) is 5.91 Å². The van der Waals surface area contributed by atoms with Crippen molar-refractivity contribution in [3.63, 3.8) is 0 Å². The van der Waals surface area contributed by atoms with Gasteiger partial charge in [-0.1, -0.05) is 54.6 Å². The number of nitrogens with zero attached hydrogens (tertiary/aromatic N) is 1. The lowest BCUT2D eigenvalue weighted by molar-refractivity contribution is -0.135. The molecule has 1 saturated heterocycles. The summed E-state index contributed by atoms with van der Waals surface area (Å²) in [7, 11) is 3.08. The van der Waals surface area contributed by atoms with Gasteiger partial charge in [-0.25, -0.2) is 5.84 Å². The van der Waals surface area contributed by atoms with Crippen LogP contribution in [0.2, 0.25) is 0 Å². The number of rotatable bonds is 8. The van der Waals surface area contributed by atoms with E-state index in [4.69, 9.17) is 15.3 Å². The average molecular weight is 505 g/mol. The van der Waals surface area contributed by atoms with E-state index in [1.165, 1.54) is 14.2 Å². The Morgan fingerprint density at radius 2 is 1.68 bits per heavy atom. The van der Waals surface area contributed by atoms with Gasteiger partial charge in [-0.15, -0.1) is 0 Å². The lowest BCUT2D eigenvalue weighted by Crippen LogP contribution is -2.59. The Morgan fingerprint density at radius 3 is 2.35 bits per heavy atom. The van der Waals surface area contributed by atoms with Crippen molar-refractivity contribution in [2.24, 2.45) is 5.84 Å². The molecule has 9 heteroatoms. The van der Waals surface area contributed by atoms with Crippen molar-refractivity contribution in [2.45, 2.75) is 37.6 Å². The SMILES string of the molecule is COC(OC)c1ccc(C(=O)N2CCC[C@H]2C(=O)N[C@@](C)(C(=O)NN)c2cccc3ccccc23)cc1. The number of fused-ring (bicyclic) bond motifs is 1. The second-order valence-corrected chi connectivity index (χ2v) is 9.20. The number of methoxy groups -OCH3 is 2. The van der Waals surface area contributed by atoms with Crippen LogP contribution in [0.15, 0.2) is 66.7 Å². The molecular weight excluding hydrogens is 472 g/mol. The van der Waals surface area contributed by atoms with Crippen LogP contribution in [0.25, 0.3) is 10.8 Å². The van der Waals surface area contributed by atoms with Crippen LogP contribution in [-0.4, -0.2) is 49.4 Å². The maximum absolute atomic E-state index is 13.6. The number of carbonyl (C=O) groups excluding carboxylic acids is 3. The molecule has 2 atom stereocenters. The summed E-state index contributed by atoms with van der Waals surface area (Å²) >= 11 is 0. The molecule has 4 rings (SSSR count). The second kappa shape index (κ2) is 11.1. The summed E-state index contributed by atoms with van der Waals surface area (Å²) in [5.41, 5.74) is 2.57. The highest BCUT2D eigenvalue weighted by Gasteiger charge is 2.42. The molecule has 0 spiro atoms. The smallest absolute Gasteiger partial charge is 0.264 e. The van der Waals surface area contributed by atoms with E-state index in [0.29, 0.717) is 30.5 Å². The van der Waals surface area contributed by atoms with Gasteiger partial charge in [-0.05, 0) is 48.2 Å². The molecule has 0 saturated carbocycles. The molecule has 37 heavy (non-hydrogen) atoms. The highest BCUT2D eigenvalue weighted by Crippen LogP contribution is 2.30. The molecular formula is C28H32N4O5. The van der Waals surface area contributed by atoms with Crippen molar-refractivity contribution in [1.29, 1.82) is 0 Å². The Balaban J connectivity index is 1.60. The van der Waals surface area contributed by atoms with Gasteiger partial charge in [0.1, 0.15) is 11.6 Å². The van der Waals surface area contributed by atoms with Crippen molar-refractivity contribution in [1.82, 2.24) is 15.6 Å². The molecule has 1 aliphatic rings. The number of carbonyl (C=O) groups is 3. The monoisotopic (exact) mass is 504 g/mol. The molecule has 0 radical (unpaired) electrons. The molecule has 3 aromatic carbocycles. The lowest BCUT2D eigenvalue weighted by Gasteiger charge is -2.33. The van der Waals surface area contributed by atoms with Crippen molar-refractivity contribution in [3.8, 4) is 0 Å². The number of hydrogen-bond donors (Lipinski definition) is 3. The number of nitrogens with one attached hydrogen (secondary N) is 2. The highest BCUT2D eigenvalue weighted by atomic mass is 16.7. The predicted octanol–water partition coefficient (Wildman–Crippen LogP) is 2.76. The highest BCUT2D eigenvalue weighted by molar-refractivity contribution is 6.01. The van der Waals surface area contributed by atoms with E-state index in [9.17, 15) is 14.4 Å². The summed E-state index contributed by atoms with van der Waals surface area (Å²) in [5, 5.41) is 4.66. The fourth-order valence-corrected chi connectivity index (χ4v) is 4.98. The van der Waals surface area contributed by atoms with E-state index in [2.05, 4.69) is 10.7 Å². The van der Waals surface area contributed by atoms with Crippen molar-refractivity contribution >= 4 is 28.5 Å².